The van der Waals surface area contributed by atoms with Gasteiger partial charge in [-0.1, -0.05) is 19.3 Å². The van der Waals surface area contributed by atoms with E-state index in [4.69, 9.17) is 24.5 Å². The lowest BCUT2D eigenvalue weighted by atomic mass is 10.1. The molecule has 2 saturated heterocycles. The van der Waals surface area contributed by atoms with Gasteiger partial charge in [0.15, 0.2) is 6.29 Å². The quantitative estimate of drug-likeness (QED) is 0.0224. The highest BCUT2D eigenvalue weighted by Crippen LogP contribution is 2.20. The molecule has 2 aliphatic heterocycles. The molecule has 0 bridgehead atoms. The average molecular weight is 1000 g/mol. The molecular weight excluding hydrogens is 923 g/mol. The standard InChI is InChI=1S/C45H77N9O16/c1-32-14-16-34(57)45(69-32)68-28-25-50-36(59)12-6-3-10-22-51-44(67)33(15-17-37(60)49-24-27-56)52-40(63)31-53(29-38(61)46-20-8-2-5-11-35(58)48-23-26-55)30-39(62)47-21-9-4-7-13-43(66)70-54-41(64)18-19-42(54)65/h32-34,45,55-57H,2-31H2,1H3,(H,46,61)(H,47,62)(H,48,58)(H,49,60)(H,50,59)(H,51,67)(H,52,63)/t32-,33-,34-,45+/m0/s1. The van der Waals surface area contributed by atoms with Gasteiger partial charge in [-0.25, -0.2) is 4.79 Å². The van der Waals surface area contributed by atoms with Crippen LogP contribution in [0.3, 0.4) is 0 Å². The second kappa shape index (κ2) is 36.6. The first-order valence-electron chi connectivity index (χ1n) is 24.5. The van der Waals surface area contributed by atoms with Gasteiger partial charge >= 0.3 is 5.97 Å². The Bertz CT molecular complexity index is 1660. The van der Waals surface area contributed by atoms with Crippen LogP contribution in [0.25, 0.3) is 0 Å². The third-order valence-corrected chi connectivity index (χ3v) is 10.9. The Morgan fingerprint density at radius 3 is 1.66 bits per heavy atom. The maximum Gasteiger partial charge on any atom is 0.333 e. The largest absolute Gasteiger partial charge is 0.395 e. The summed E-state index contributed by atoms with van der Waals surface area (Å²) >= 11 is 0. The number of hydroxylamine groups is 2. The molecule has 0 unspecified atom stereocenters. The first-order chi connectivity index (χ1) is 33.6. The number of aliphatic hydroxyl groups excluding tert-OH is 3. The van der Waals surface area contributed by atoms with Gasteiger partial charge in [0.05, 0.1) is 45.6 Å². The fourth-order valence-corrected chi connectivity index (χ4v) is 7.12. The fraction of sp³-hybridized carbons (Fsp3) is 0.778. The lowest BCUT2D eigenvalue weighted by molar-refractivity contribution is -0.235. The van der Waals surface area contributed by atoms with Gasteiger partial charge < -0.3 is 66.8 Å². The summed E-state index contributed by atoms with van der Waals surface area (Å²) in [6.45, 7) is 1.42. The summed E-state index contributed by atoms with van der Waals surface area (Å²) in [6.07, 6.45) is 4.61. The van der Waals surface area contributed by atoms with E-state index in [9.17, 15) is 53.1 Å². The number of hydrogen-bond donors (Lipinski definition) is 10. The molecule has 25 nitrogen and oxygen atoms in total. The molecule has 0 aromatic heterocycles. The van der Waals surface area contributed by atoms with Crippen molar-refractivity contribution in [3.63, 3.8) is 0 Å². The van der Waals surface area contributed by atoms with Gasteiger partial charge in [0, 0.05) is 77.8 Å². The van der Waals surface area contributed by atoms with E-state index < -0.39 is 72.3 Å². The molecule has 0 radical (unpaired) electrons. The number of amides is 9. The number of hydrogen-bond acceptors (Lipinski definition) is 17. The predicted octanol–water partition coefficient (Wildman–Crippen LogP) is -2.57. The molecule has 0 aliphatic carbocycles. The fourth-order valence-electron chi connectivity index (χ4n) is 7.12. The average Bonchev–Trinajstić information content (AvgIpc) is 3.63. The SMILES string of the molecule is C[C@H]1CC[C@H](O)[C@H](OCCNC(=O)CCCCCNC(=O)[C@H](CCC(=O)NCCO)NC(=O)CN(CC(=O)NCCCCCC(=O)NCCO)CC(=O)NCCCCCC(=O)ON2C(=O)CCC2=O)O1. The number of aliphatic hydroxyl groups is 3. The lowest BCUT2D eigenvalue weighted by Gasteiger charge is -2.31. The molecule has 2 aliphatic rings. The van der Waals surface area contributed by atoms with Crippen molar-refractivity contribution in [1.29, 1.82) is 0 Å². The van der Waals surface area contributed by atoms with Gasteiger partial charge in [-0.05, 0) is 64.7 Å². The number of ether oxygens (including phenoxy) is 2. The van der Waals surface area contributed by atoms with Crippen LogP contribution in [-0.2, 0) is 62.3 Å². The van der Waals surface area contributed by atoms with Crippen molar-refractivity contribution in [3.05, 3.63) is 0 Å². The Morgan fingerprint density at radius 2 is 1.10 bits per heavy atom. The molecule has 25 heteroatoms. The number of carbonyl (C=O) groups excluding carboxylic acids is 10. The van der Waals surface area contributed by atoms with Gasteiger partial charge in [0.2, 0.25) is 41.4 Å². The van der Waals surface area contributed by atoms with Gasteiger partial charge in [-0.3, -0.25) is 48.1 Å². The highest BCUT2D eigenvalue weighted by molar-refractivity contribution is 6.01. The van der Waals surface area contributed by atoms with E-state index in [2.05, 4.69) is 37.2 Å². The number of nitrogens with one attached hydrogen (secondary N) is 7. The number of imide groups is 1. The monoisotopic (exact) mass is 1000 g/mol. The molecule has 398 valence electrons. The predicted molar refractivity (Wildman–Crippen MR) is 248 cm³/mol. The smallest absolute Gasteiger partial charge is 0.333 e. The second-order valence-electron chi connectivity index (χ2n) is 17.1. The van der Waals surface area contributed by atoms with Gasteiger partial charge in [0.25, 0.3) is 11.8 Å². The molecule has 0 aromatic rings. The molecule has 10 N–H and O–H groups in total. The van der Waals surface area contributed by atoms with E-state index in [0.717, 1.165) is 6.42 Å². The van der Waals surface area contributed by atoms with Crippen LogP contribution < -0.4 is 37.2 Å². The van der Waals surface area contributed by atoms with Crippen LogP contribution in [-0.4, -0.2) is 188 Å². The molecule has 9 amide bonds. The summed E-state index contributed by atoms with van der Waals surface area (Å²) in [5.41, 5.74) is 0. The summed E-state index contributed by atoms with van der Waals surface area (Å²) < 4.78 is 11.1. The van der Waals surface area contributed by atoms with E-state index >= 15 is 0 Å². The Kier molecular flexibility index (Phi) is 31.8. The Balaban J connectivity index is 1.90. The number of rotatable bonds is 38. The molecule has 2 heterocycles. The summed E-state index contributed by atoms with van der Waals surface area (Å²) in [5.74, 6) is -5.04. The normalized spacial score (nSPS) is 17.1. The van der Waals surface area contributed by atoms with Crippen molar-refractivity contribution in [3.8, 4) is 0 Å². The maximum absolute atomic E-state index is 13.5. The third kappa shape index (κ3) is 28.4. The van der Waals surface area contributed by atoms with Gasteiger partial charge in [-0.15, -0.1) is 5.06 Å². The Morgan fingerprint density at radius 1 is 0.614 bits per heavy atom. The Labute approximate surface area is 408 Å². The van der Waals surface area contributed by atoms with Crippen molar-refractivity contribution in [2.45, 2.75) is 147 Å². The topological polar surface area (TPSA) is 350 Å². The molecule has 4 atom stereocenters. The first kappa shape index (κ1) is 60.8. The maximum atomic E-state index is 13.5. The molecule has 0 aromatic carbocycles. The van der Waals surface area contributed by atoms with E-state index in [-0.39, 0.29) is 135 Å². The third-order valence-electron chi connectivity index (χ3n) is 10.9. The van der Waals surface area contributed by atoms with Crippen molar-refractivity contribution < 1.29 is 77.6 Å². The van der Waals surface area contributed by atoms with E-state index in [1.807, 2.05) is 6.92 Å². The van der Waals surface area contributed by atoms with Crippen molar-refractivity contribution in [2.24, 2.45) is 0 Å². The summed E-state index contributed by atoms with van der Waals surface area (Å²) in [4.78, 5) is 131. The molecule has 2 fully saturated rings. The summed E-state index contributed by atoms with van der Waals surface area (Å²) in [5, 5.41) is 47.1. The number of unbranched alkanes of at least 4 members (excludes halogenated alkanes) is 6. The van der Waals surface area contributed by atoms with Crippen molar-refractivity contribution in [1.82, 2.24) is 47.2 Å². The van der Waals surface area contributed by atoms with E-state index in [1.165, 1.54) is 4.90 Å². The van der Waals surface area contributed by atoms with Crippen molar-refractivity contribution >= 4 is 59.1 Å². The second-order valence-corrected chi connectivity index (χ2v) is 17.1. The molecule has 0 spiro atoms. The highest BCUT2D eigenvalue weighted by Gasteiger charge is 2.33. The van der Waals surface area contributed by atoms with Crippen LogP contribution in [0.4, 0.5) is 0 Å². The zero-order valence-corrected chi connectivity index (χ0v) is 40.6. The number of nitrogens with zero attached hydrogens (tertiary/aromatic N) is 2. The Hall–Kier alpha value is -5.34. The van der Waals surface area contributed by atoms with Crippen LogP contribution in [0.1, 0.15) is 122 Å². The zero-order valence-electron chi connectivity index (χ0n) is 40.6. The zero-order chi connectivity index (χ0) is 51.5. The minimum absolute atomic E-state index is 0.00569. The van der Waals surface area contributed by atoms with Crippen molar-refractivity contribution in [2.75, 3.05) is 78.7 Å². The van der Waals surface area contributed by atoms with Crippen LogP contribution in [0.5, 0.6) is 0 Å². The van der Waals surface area contributed by atoms with Crippen LogP contribution >= 0.6 is 0 Å². The van der Waals surface area contributed by atoms with Gasteiger partial charge in [-0.2, -0.15) is 0 Å². The molecule has 70 heavy (non-hydrogen) atoms. The van der Waals surface area contributed by atoms with Crippen LogP contribution in [0, 0.1) is 0 Å². The van der Waals surface area contributed by atoms with Crippen LogP contribution in [0.2, 0.25) is 0 Å². The molecule has 0 saturated carbocycles. The summed E-state index contributed by atoms with van der Waals surface area (Å²) in [7, 11) is 0. The number of carbonyl (C=O) groups is 10. The minimum atomic E-state index is -1.19. The first-order valence-corrected chi connectivity index (χ1v) is 24.5. The molecule has 2 rings (SSSR count). The molecular formula is C45H77N9O16. The lowest BCUT2D eigenvalue weighted by Crippen LogP contribution is -2.52. The van der Waals surface area contributed by atoms with Crippen LogP contribution in [0.15, 0.2) is 0 Å². The highest BCUT2D eigenvalue weighted by atomic mass is 16.7. The van der Waals surface area contributed by atoms with E-state index in [1.54, 1.807) is 0 Å². The summed E-state index contributed by atoms with van der Waals surface area (Å²) in [6, 6.07) is -1.19. The van der Waals surface area contributed by atoms with Gasteiger partial charge in [0.1, 0.15) is 12.1 Å². The van der Waals surface area contributed by atoms with E-state index in [0.29, 0.717) is 69.3 Å². The minimum Gasteiger partial charge on any atom is -0.395 e.